The molecule has 0 heterocycles. The van der Waals surface area contributed by atoms with E-state index in [9.17, 15) is 0 Å². The van der Waals surface area contributed by atoms with Gasteiger partial charge in [0.15, 0.2) is 0 Å². The fraction of sp³-hybridized carbons (Fsp3) is 0.556. The molecule has 1 saturated carbocycles. The summed E-state index contributed by atoms with van der Waals surface area (Å²) in [7, 11) is 0. The molecule has 0 aromatic carbocycles. The van der Waals surface area contributed by atoms with Gasteiger partial charge in [-0.15, -0.1) is 0 Å². The van der Waals surface area contributed by atoms with E-state index in [-0.39, 0.29) is 5.60 Å². The van der Waals surface area contributed by atoms with Gasteiger partial charge in [0.1, 0.15) is 5.60 Å². The van der Waals surface area contributed by atoms with E-state index in [0.717, 1.165) is 5.92 Å². The summed E-state index contributed by atoms with van der Waals surface area (Å²) in [6.07, 6.45) is 9.69. The van der Waals surface area contributed by atoms with E-state index in [1.54, 1.807) is 6.26 Å². The van der Waals surface area contributed by atoms with Crippen LogP contribution in [0, 0.1) is 5.92 Å². The zero-order chi connectivity index (χ0) is 7.03. The Morgan fingerprint density at radius 3 is 3.00 bits per heavy atom. The molecule has 2 aliphatic carbocycles. The Morgan fingerprint density at radius 1 is 1.70 bits per heavy atom. The summed E-state index contributed by atoms with van der Waals surface area (Å²) in [5, 5.41) is 0. The van der Waals surface area contributed by atoms with E-state index in [1.165, 1.54) is 19.3 Å². The van der Waals surface area contributed by atoms with Crippen LogP contribution in [0.5, 0.6) is 0 Å². The van der Waals surface area contributed by atoms with Gasteiger partial charge in [-0.25, -0.2) is 0 Å². The van der Waals surface area contributed by atoms with Crippen LogP contribution in [0.25, 0.3) is 0 Å². The second-order valence-corrected chi connectivity index (χ2v) is 3.21. The van der Waals surface area contributed by atoms with E-state index < -0.39 is 0 Å². The van der Waals surface area contributed by atoms with Crippen molar-refractivity contribution < 1.29 is 4.74 Å². The number of hydrogen-bond acceptors (Lipinski definition) is 1. The molecule has 0 radical (unpaired) electrons. The maximum absolute atomic E-state index is 5.46. The number of allylic oxidation sites excluding steroid dienone is 1. The number of rotatable bonds is 2. The fourth-order valence-electron chi connectivity index (χ4n) is 2.02. The lowest BCUT2D eigenvalue weighted by Crippen LogP contribution is -2.21. The molecule has 1 fully saturated rings. The maximum atomic E-state index is 5.46. The topological polar surface area (TPSA) is 9.23 Å². The van der Waals surface area contributed by atoms with Gasteiger partial charge in [0, 0.05) is 0 Å². The van der Waals surface area contributed by atoms with Gasteiger partial charge in [0.25, 0.3) is 0 Å². The minimum Gasteiger partial charge on any atom is -0.491 e. The standard InChI is InChI=1S/C9H12O/c1-2-10-9-5-3-8(7-9)4-6-9/h2-3,5,8H,1,4,6-7H2. The molecule has 0 aromatic heterocycles. The lowest BCUT2D eigenvalue weighted by molar-refractivity contribution is 0.0788. The highest BCUT2D eigenvalue weighted by atomic mass is 16.5. The average molecular weight is 136 g/mol. The number of ether oxygens (including phenoxy) is 1. The van der Waals surface area contributed by atoms with Gasteiger partial charge in [0.2, 0.25) is 0 Å². The minimum atomic E-state index is 0.0619. The zero-order valence-corrected chi connectivity index (χ0v) is 6.05. The van der Waals surface area contributed by atoms with E-state index in [4.69, 9.17) is 4.74 Å². The van der Waals surface area contributed by atoms with Gasteiger partial charge in [-0.1, -0.05) is 12.7 Å². The number of hydrogen-bond donors (Lipinski definition) is 0. The predicted molar refractivity (Wildman–Crippen MR) is 40.5 cm³/mol. The van der Waals surface area contributed by atoms with Gasteiger partial charge in [-0.05, 0) is 31.3 Å². The molecule has 1 heteroatoms. The van der Waals surface area contributed by atoms with Crippen molar-refractivity contribution in [2.24, 2.45) is 5.92 Å². The average Bonchev–Trinajstić information content (AvgIpc) is 2.46. The van der Waals surface area contributed by atoms with E-state index in [1.807, 2.05) is 0 Å². The smallest absolute Gasteiger partial charge is 0.127 e. The van der Waals surface area contributed by atoms with Gasteiger partial charge in [0.05, 0.1) is 6.26 Å². The highest BCUT2D eigenvalue weighted by molar-refractivity contribution is 5.18. The lowest BCUT2D eigenvalue weighted by Gasteiger charge is -2.22. The van der Waals surface area contributed by atoms with E-state index >= 15 is 0 Å². The van der Waals surface area contributed by atoms with Crippen LogP contribution in [-0.4, -0.2) is 5.60 Å². The molecule has 0 saturated heterocycles. The van der Waals surface area contributed by atoms with Crippen LogP contribution in [0.4, 0.5) is 0 Å². The monoisotopic (exact) mass is 136 g/mol. The summed E-state index contributed by atoms with van der Waals surface area (Å²) in [6.45, 7) is 3.58. The first kappa shape index (κ1) is 6.02. The van der Waals surface area contributed by atoms with Crippen molar-refractivity contribution in [1.29, 1.82) is 0 Å². The lowest BCUT2D eigenvalue weighted by atomic mass is 10.0. The van der Waals surface area contributed by atoms with Gasteiger partial charge in [-0.2, -0.15) is 0 Å². The molecule has 0 aliphatic heterocycles. The molecule has 2 bridgehead atoms. The Kier molecular flexibility index (Phi) is 1.13. The first-order valence-corrected chi connectivity index (χ1v) is 3.83. The van der Waals surface area contributed by atoms with Crippen LogP contribution >= 0.6 is 0 Å². The Balaban J connectivity index is 2.16. The van der Waals surface area contributed by atoms with Crippen LogP contribution in [0.2, 0.25) is 0 Å². The molecule has 2 atom stereocenters. The summed E-state index contributed by atoms with van der Waals surface area (Å²) in [6, 6.07) is 0. The molecule has 0 aromatic rings. The summed E-state index contributed by atoms with van der Waals surface area (Å²) < 4.78 is 5.46. The normalized spacial score (nSPS) is 42.2. The Labute approximate surface area is 61.4 Å². The Bertz CT molecular complexity index is 183. The number of fused-ring (bicyclic) bond motifs is 2. The molecule has 2 aliphatic rings. The second-order valence-electron chi connectivity index (χ2n) is 3.21. The Morgan fingerprint density at radius 2 is 2.60 bits per heavy atom. The third-order valence-electron chi connectivity index (χ3n) is 2.54. The summed E-state index contributed by atoms with van der Waals surface area (Å²) in [4.78, 5) is 0. The van der Waals surface area contributed by atoms with Crippen molar-refractivity contribution in [2.75, 3.05) is 0 Å². The van der Waals surface area contributed by atoms with Crippen molar-refractivity contribution in [3.05, 3.63) is 25.0 Å². The van der Waals surface area contributed by atoms with Gasteiger partial charge < -0.3 is 4.74 Å². The fourth-order valence-corrected chi connectivity index (χ4v) is 2.02. The van der Waals surface area contributed by atoms with Gasteiger partial charge in [-0.3, -0.25) is 0 Å². The van der Waals surface area contributed by atoms with Crippen molar-refractivity contribution in [3.63, 3.8) is 0 Å². The van der Waals surface area contributed by atoms with E-state index in [2.05, 4.69) is 18.7 Å². The molecule has 2 unspecified atom stereocenters. The summed E-state index contributed by atoms with van der Waals surface area (Å²) in [5.41, 5.74) is 0.0619. The van der Waals surface area contributed by atoms with Crippen molar-refractivity contribution >= 4 is 0 Å². The van der Waals surface area contributed by atoms with Crippen molar-refractivity contribution in [3.8, 4) is 0 Å². The zero-order valence-electron chi connectivity index (χ0n) is 6.05. The minimum absolute atomic E-state index is 0.0619. The van der Waals surface area contributed by atoms with Crippen LogP contribution in [0.1, 0.15) is 19.3 Å². The highest BCUT2D eigenvalue weighted by Gasteiger charge is 2.41. The summed E-state index contributed by atoms with van der Waals surface area (Å²) in [5.74, 6) is 0.792. The van der Waals surface area contributed by atoms with Crippen molar-refractivity contribution in [2.45, 2.75) is 24.9 Å². The predicted octanol–water partition coefficient (Wildman–Crippen LogP) is 2.26. The van der Waals surface area contributed by atoms with Gasteiger partial charge >= 0.3 is 0 Å². The first-order valence-electron chi connectivity index (χ1n) is 3.83. The highest BCUT2D eigenvalue weighted by Crippen LogP contribution is 2.44. The molecule has 54 valence electrons. The van der Waals surface area contributed by atoms with Crippen molar-refractivity contribution in [1.82, 2.24) is 0 Å². The maximum Gasteiger partial charge on any atom is 0.127 e. The largest absolute Gasteiger partial charge is 0.491 e. The molecular formula is C9H12O. The molecule has 0 amide bonds. The molecular weight excluding hydrogens is 124 g/mol. The molecule has 0 N–H and O–H groups in total. The third kappa shape index (κ3) is 0.698. The molecule has 2 rings (SSSR count). The Hall–Kier alpha value is -0.720. The molecule has 0 spiro atoms. The van der Waals surface area contributed by atoms with E-state index in [0.29, 0.717) is 0 Å². The first-order chi connectivity index (χ1) is 4.85. The SMILES string of the molecule is C=COC12C=CC(CC1)C2. The summed E-state index contributed by atoms with van der Waals surface area (Å²) >= 11 is 0. The third-order valence-corrected chi connectivity index (χ3v) is 2.54. The quantitative estimate of drug-likeness (QED) is 0.418. The van der Waals surface area contributed by atoms with Crippen LogP contribution in [0.3, 0.4) is 0 Å². The van der Waals surface area contributed by atoms with Crippen LogP contribution in [0.15, 0.2) is 25.0 Å². The van der Waals surface area contributed by atoms with Crippen LogP contribution in [-0.2, 0) is 4.74 Å². The van der Waals surface area contributed by atoms with Crippen LogP contribution < -0.4 is 0 Å². The second kappa shape index (κ2) is 1.88. The molecule has 10 heavy (non-hydrogen) atoms. The molecule has 1 nitrogen and oxygen atoms in total.